The molecule has 9 nitrogen and oxygen atoms in total. The van der Waals surface area contributed by atoms with Crippen LogP contribution in [0.4, 0.5) is 20.3 Å². The molecule has 1 fully saturated rings. The molecule has 0 radical (unpaired) electrons. The van der Waals surface area contributed by atoms with Crippen molar-refractivity contribution in [3.8, 4) is 28.3 Å². The Morgan fingerprint density at radius 1 is 1.00 bits per heavy atom. The number of hydrogen-bond acceptors (Lipinski definition) is 8. The highest BCUT2D eigenvalue weighted by atomic mass is 35.5. The number of aryl methyl sites for hydroxylation is 2. The Morgan fingerprint density at radius 2 is 1.71 bits per heavy atom. The van der Waals surface area contributed by atoms with E-state index in [9.17, 15) is 13.6 Å². The third-order valence-corrected chi connectivity index (χ3v) is 9.68. The van der Waals surface area contributed by atoms with Crippen LogP contribution in [0.25, 0.3) is 33.2 Å². The molecule has 0 unspecified atom stereocenters. The largest absolute Gasteiger partial charge is 0.481 e. The maximum Gasteiger partial charge on any atom is 0.280 e. The molecule has 256 valence electrons. The molecule has 0 bridgehead atoms. The van der Waals surface area contributed by atoms with E-state index in [4.69, 9.17) is 37.7 Å². The number of nitrogens with zero attached hydrogens (tertiary/aromatic N) is 4. The molecule has 0 amide bonds. The van der Waals surface area contributed by atoms with Gasteiger partial charge >= 0.3 is 0 Å². The Bertz CT molecular complexity index is 2050. The molecular weight excluding hydrogens is 673 g/mol. The van der Waals surface area contributed by atoms with E-state index in [0.717, 1.165) is 54.4 Å². The number of aromatic nitrogens is 4. The monoisotopic (exact) mass is 708 g/mol. The average Bonchev–Trinajstić information content (AvgIpc) is 3.60. The first kappa shape index (κ1) is 34.7. The van der Waals surface area contributed by atoms with E-state index in [2.05, 4.69) is 26.8 Å². The van der Waals surface area contributed by atoms with Gasteiger partial charge in [0.05, 0.1) is 40.1 Å². The maximum absolute atomic E-state index is 13.7. The molecule has 1 aliphatic carbocycles. The van der Waals surface area contributed by atoms with E-state index in [1.54, 1.807) is 25.3 Å². The summed E-state index contributed by atoms with van der Waals surface area (Å²) in [5, 5.41) is 11.3. The van der Waals surface area contributed by atoms with Gasteiger partial charge in [0.1, 0.15) is 11.5 Å². The van der Waals surface area contributed by atoms with Gasteiger partial charge in [0.2, 0.25) is 5.88 Å². The van der Waals surface area contributed by atoms with Crippen LogP contribution in [0, 0.1) is 0 Å². The van der Waals surface area contributed by atoms with Crippen molar-refractivity contribution in [1.29, 1.82) is 0 Å². The van der Waals surface area contributed by atoms with Crippen LogP contribution in [0.5, 0.6) is 5.88 Å². The minimum atomic E-state index is -2.85. The van der Waals surface area contributed by atoms with Crippen molar-refractivity contribution >= 4 is 45.5 Å². The van der Waals surface area contributed by atoms with E-state index in [1.807, 2.05) is 25.2 Å². The van der Waals surface area contributed by atoms with Crippen LogP contribution >= 0.6 is 23.2 Å². The number of fused-ring (bicyclic) bond motifs is 2. The summed E-state index contributed by atoms with van der Waals surface area (Å²) in [5.74, 6) is 0.557. The first-order chi connectivity index (χ1) is 23.7. The molecule has 2 N–H and O–H groups in total. The quantitative estimate of drug-likeness (QED) is 0.176. The Morgan fingerprint density at radius 3 is 2.41 bits per heavy atom. The Labute approximate surface area is 292 Å². The van der Waals surface area contributed by atoms with Crippen LogP contribution in [-0.4, -0.2) is 53.2 Å². The Kier molecular flexibility index (Phi) is 10.7. The zero-order chi connectivity index (χ0) is 34.7. The molecule has 49 heavy (non-hydrogen) atoms. The van der Waals surface area contributed by atoms with Gasteiger partial charge in [-0.2, -0.15) is 5.10 Å². The summed E-state index contributed by atoms with van der Waals surface area (Å²) in [5.41, 5.74) is 4.39. The van der Waals surface area contributed by atoms with Crippen LogP contribution in [0.3, 0.4) is 0 Å². The first-order valence-corrected chi connectivity index (χ1v) is 16.8. The number of anilines is 2. The minimum absolute atomic E-state index is 0.0471. The predicted molar refractivity (Wildman–Crippen MR) is 190 cm³/mol. The second-order valence-electron chi connectivity index (χ2n) is 11.9. The molecule has 0 saturated carbocycles. The van der Waals surface area contributed by atoms with Gasteiger partial charge in [-0.3, -0.25) is 4.79 Å². The average molecular weight is 710 g/mol. The van der Waals surface area contributed by atoms with Crippen LogP contribution in [-0.2, 0) is 24.6 Å². The fourth-order valence-corrected chi connectivity index (χ4v) is 6.82. The summed E-state index contributed by atoms with van der Waals surface area (Å²) in [7, 11) is 5.10. The van der Waals surface area contributed by atoms with Gasteiger partial charge < -0.3 is 20.1 Å². The normalized spacial score (nSPS) is 14.4. The third-order valence-electron chi connectivity index (χ3n) is 8.86. The van der Waals surface area contributed by atoms with Gasteiger partial charge in [0.15, 0.2) is 0 Å². The van der Waals surface area contributed by atoms with Crippen LogP contribution in [0.2, 0.25) is 10.0 Å². The molecule has 1 aliphatic heterocycles. The number of methoxy groups -OCH3 is 1. The van der Waals surface area contributed by atoms with Gasteiger partial charge in [-0.05, 0) is 62.9 Å². The number of benzene rings is 2. The zero-order valence-corrected chi connectivity index (χ0v) is 28.8. The first-order valence-electron chi connectivity index (χ1n) is 16.0. The van der Waals surface area contributed by atoms with Gasteiger partial charge in [-0.1, -0.05) is 53.5 Å². The number of halogens is 4. The number of alkyl halides is 2. The van der Waals surface area contributed by atoms with Crippen molar-refractivity contribution in [2.45, 2.75) is 44.6 Å². The minimum Gasteiger partial charge on any atom is -0.481 e. The van der Waals surface area contributed by atoms with E-state index < -0.39 is 17.7 Å². The molecule has 4 heterocycles. The Hall–Kier alpha value is -4.16. The highest BCUT2D eigenvalue weighted by molar-refractivity contribution is 6.39. The molecule has 13 heteroatoms. The number of ether oxygens (including phenoxy) is 2. The van der Waals surface area contributed by atoms with Crippen LogP contribution < -0.4 is 20.9 Å². The molecule has 5 aromatic rings. The second-order valence-corrected chi connectivity index (χ2v) is 12.6. The summed E-state index contributed by atoms with van der Waals surface area (Å²) in [4.78, 5) is 21.7. The number of hydrogen-bond donors (Lipinski definition) is 2. The van der Waals surface area contributed by atoms with Crippen molar-refractivity contribution < 1.29 is 18.3 Å². The van der Waals surface area contributed by atoms with Crippen LogP contribution in [0.1, 0.15) is 42.5 Å². The molecule has 3 aromatic heterocycles. The summed E-state index contributed by atoms with van der Waals surface area (Å²) < 4.78 is 39.2. The summed E-state index contributed by atoms with van der Waals surface area (Å²) in [6, 6.07) is 14.7. The molecule has 2 aliphatic rings. The topological polar surface area (TPSA) is 103 Å². The lowest BCUT2D eigenvalue weighted by atomic mass is 9.99. The fraction of sp³-hybridized carbons (Fsp3) is 0.333. The zero-order valence-electron chi connectivity index (χ0n) is 27.3. The van der Waals surface area contributed by atoms with Gasteiger partial charge in [0.25, 0.3) is 12.0 Å². The second kappa shape index (κ2) is 15.2. The van der Waals surface area contributed by atoms with E-state index in [-0.39, 0.29) is 21.6 Å². The van der Waals surface area contributed by atoms with Crippen molar-refractivity contribution in [3.63, 3.8) is 0 Å². The van der Waals surface area contributed by atoms with Crippen molar-refractivity contribution in [3.05, 3.63) is 91.9 Å². The standard InChI is InChI=1S/C30H23Cl2F2N5O2.C6H13NO/c1-39-30(40)24-16(14-35-39)13-23(27(33)34)37-28(24)36-21-11-5-9-19(26(21)32)18-8-4-10-20(25(18)31)22-12-15-6-3-7-17(15)29(38-22)41-2;1-7-6-2-4-8-5-3-6/h4-5,8-14,27H,3,6-7H2,1-2H3,(H,36,37);6-7H,2-5H2,1H3. The molecule has 2 aromatic carbocycles. The SMILES string of the molecule is CNC1CCOCC1.COc1nc(-c2cccc(-c3cccc(Nc4nc(C(F)F)cc5cnn(C)c(=O)c45)c3Cl)c2Cl)cc2c1CCC2. The maximum atomic E-state index is 13.7. The van der Waals surface area contributed by atoms with Crippen LogP contribution in [0.15, 0.2) is 59.5 Å². The highest BCUT2D eigenvalue weighted by Crippen LogP contribution is 2.43. The molecule has 1 saturated heterocycles. The Balaban J connectivity index is 0.000000459. The van der Waals surface area contributed by atoms with E-state index >= 15 is 0 Å². The lowest BCUT2D eigenvalue weighted by molar-refractivity contribution is 0.0799. The van der Waals surface area contributed by atoms with Crippen molar-refractivity contribution in [2.75, 3.05) is 32.7 Å². The molecule has 0 spiro atoms. The van der Waals surface area contributed by atoms with E-state index in [1.165, 1.54) is 31.6 Å². The predicted octanol–water partition coefficient (Wildman–Crippen LogP) is 7.93. The number of rotatable bonds is 7. The summed E-state index contributed by atoms with van der Waals surface area (Å²) in [6.45, 7) is 1.87. The van der Waals surface area contributed by atoms with Gasteiger partial charge in [0, 0.05) is 53.9 Å². The lowest BCUT2D eigenvalue weighted by Crippen LogP contribution is -2.31. The van der Waals surface area contributed by atoms with Crippen molar-refractivity contribution in [1.82, 2.24) is 25.1 Å². The smallest absolute Gasteiger partial charge is 0.280 e. The van der Waals surface area contributed by atoms with Gasteiger partial charge in [-0.15, -0.1) is 0 Å². The third kappa shape index (κ3) is 7.26. The van der Waals surface area contributed by atoms with Gasteiger partial charge in [-0.25, -0.2) is 23.4 Å². The number of nitrogens with one attached hydrogen (secondary N) is 2. The molecular formula is C36H36Cl2F2N6O3. The summed E-state index contributed by atoms with van der Waals surface area (Å²) >= 11 is 13.9. The summed E-state index contributed by atoms with van der Waals surface area (Å²) in [6.07, 6.45) is 3.79. The highest BCUT2D eigenvalue weighted by Gasteiger charge is 2.22. The number of pyridine rings is 2. The molecule has 7 rings (SSSR count). The fourth-order valence-electron chi connectivity index (χ4n) is 6.22. The lowest BCUT2D eigenvalue weighted by Gasteiger charge is -2.20. The molecule has 0 atom stereocenters. The van der Waals surface area contributed by atoms with E-state index in [0.29, 0.717) is 39.5 Å². The van der Waals surface area contributed by atoms with Crippen molar-refractivity contribution in [2.24, 2.45) is 7.05 Å².